The molecule has 130 valence electrons. The average Bonchev–Trinajstić information content (AvgIpc) is 3.10. The molecule has 0 amide bonds. The van der Waals surface area contributed by atoms with Crippen LogP contribution in [0.25, 0.3) is 16.9 Å². The monoisotopic (exact) mass is 336 g/mol. The van der Waals surface area contributed by atoms with Crippen LogP contribution in [0.15, 0.2) is 61.1 Å². The molecule has 5 heteroatoms. The van der Waals surface area contributed by atoms with Crippen molar-refractivity contribution in [2.24, 2.45) is 0 Å². The Bertz CT molecular complexity index is 771. The molecule has 2 N–H and O–H groups in total. The van der Waals surface area contributed by atoms with E-state index in [1.54, 1.807) is 6.20 Å². The van der Waals surface area contributed by atoms with E-state index in [1.165, 1.54) is 0 Å². The third-order valence-corrected chi connectivity index (χ3v) is 4.19. The largest absolute Gasteiger partial charge is 0.393 e. The van der Waals surface area contributed by atoms with Gasteiger partial charge in [-0.1, -0.05) is 25.1 Å². The Balaban J connectivity index is 1.81. The maximum absolute atomic E-state index is 9.68. The maximum Gasteiger partial charge on any atom is 0.0988 e. The Morgan fingerprint density at radius 1 is 1.16 bits per heavy atom. The number of nitrogens with zero attached hydrogens (tertiary/aromatic N) is 3. The Hall–Kier alpha value is -2.50. The molecule has 0 aliphatic heterocycles. The highest BCUT2D eigenvalue weighted by molar-refractivity contribution is 5.62. The molecular formula is C20H24N4O. The summed E-state index contributed by atoms with van der Waals surface area (Å²) < 4.78 is 1.90. The predicted molar refractivity (Wildman–Crippen MR) is 99.4 cm³/mol. The highest BCUT2D eigenvalue weighted by Crippen LogP contribution is 2.23. The van der Waals surface area contributed by atoms with Crippen molar-refractivity contribution in [2.75, 3.05) is 6.54 Å². The molecule has 1 aromatic carbocycles. The number of aliphatic hydroxyl groups excluding tert-OH is 1. The summed E-state index contributed by atoms with van der Waals surface area (Å²) in [5, 5.41) is 17.9. The molecule has 25 heavy (non-hydrogen) atoms. The molecule has 0 spiro atoms. The van der Waals surface area contributed by atoms with Crippen molar-refractivity contribution < 1.29 is 5.11 Å². The predicted octanol–water partition coefficient (Wildman–Crippen LogP) is 3.18. The molecule has 2 aromatic heterocycles. The Labute approximate surface area is 148 Å². The van der Waals surface area contributed by atoms with Gasteiger partial charge in [-0.05, 0) is 43.7 Å². The molecule has 5 nitrogen and oxygen atoms in total. The quantitative estimate of drug-likeness (QED) is 0.620. The van der Waals surface area contributed by atoms with Gasteiger partial charge in [0.2, 0.25) is 0 Å². The van der Waals surface area contributed by atoms with Gasteiger partial charge in [0.05, 0.1) is 17.5 Å². The number of aromatic nitrogens is 3. The third kappa shape index (κ3) is 4.53. The normalized spacial score (nSPS) is 12.2. The summed E-state index contributed by atoms with van der Waals surface area (Å²) in [4.78, 5) is 4.21. The van der Waals surface area contributed by atoms with Crippen molar-refractivity contribution in [2.45, 2.75) is 32.4 Å². The number of aliphatic hydroxyl groups is 1. The maximum atomic E-state index is 9.68. The van der Waals surface area contributed by atoms with E-state index in [-0.39, 0.29) is 6.10 Å². The molecule has 0 saturated carbocycles. The summed E-state index contributed by atoms with van der Waals surface area (Å²) in [6.07, 6.45) is 6.96. The minimum absolute atomic E-state index is 0.239. The van der Waals surface area contributed by atoms with E-state index in [0.717, 1.165) is 41.9 Å². The van der Waals surface area contributed by atoms with Gasteiger partial charge in [-0.2, -0.15) is 5.10 Å². The molecule has 3 aromatic rings. The molecule has 3 rings (SSSR count). The van der Waals surface area contributed by atoms with E-state index in [4.69, 9.17) is 5.10 Å². The smallest absolute Gasteiger partial charge is 0.0988 e. The van der Waals surface area contributed by atoms with Crippen LogP contribution in [0.2, 0.25) is 0 Å². The lowest BCUT2D eigenvalue weighted by Crippen LogP contribution is -2.19. The summed E-state index contributed by atoms with van der Waals surface area (Å²) >= 11 is 0. The molecule has 0 radical (unpaired) electrons. The fourth-order valence-electron chi connectivity index (χ4n) is 2.69. The first-order valence-electron chi connectivity index (χ1n) is 8.71. The van der Waals surface area contributed by atoms with Crippen LogP contribution in [-0.2, 0) is 6.54 Å². The summed E-state index contributed by atoms with van der Waals surface area (Å²) in [6.45, 7) is 3.47. The molecule has 0 fully saturated rings. The lowest BCUT2D eigenvalue weighted by molar-refractivity contribution is 0.159. The number of rotatable bonds is 8. The van der Waals surface area contributed by atoms with E-state index in [2.05, 4.69) is 16.5 Å². The third-order valence-electron chi connectivity index (χ3n) is 4.19. The van der Waals surface area contributed by atoms with E-state index in [1.807, 2.05) is 60.3 Å². The van der Waals surface area contributed by atoms with E-state index in [0.29, 0.717) is 6.54 Å². The van der Waals surface area contributed by atoms with Crippen LogP contribution in [-0.4, -0.2) is 32.5 Å². The number of benzene rings is 1. The van der Waals surface area contributed by atoms with Crippen molar-refractivity contribution in [3.8, 4) is 16.9 Å². The van der Waals surface area contributed by atoms with Crippen LogP contribution in [0.5, 0.6) is 0 Å². The van der Waals surface area contributed by atoms with Crippen molar-refractivity contribution in [1.29, 1.82) is 0 Å². The summed E-state index contributed by atoms with van der Waals surface area (Å²) in [6, 6.07) is 14.0. The molecule has 0 aliphatic rings. The first kappa shape index (κ1) is 17.3. The fraction of sp³-hybridized carbons (Fsp3) is 0.300. The minimum Gasteiger partial charge on any atom is -0.393 e. The molecular weight excluding hydrogens is 312 g/mol. The van der Waals surface area contributed by atoms with Crippen molar-refractivity contribution >= 4 is 0 Å². The van der Waals surface area contributed by atoms with Gasteiger partial charge in [0.1, 0.15) is 0 Å². The summed E-state index contributed by atoms with van der Waals surface area (Å²) in [7, 11) is 0. The van der Waals surface area contributed by atoms with Crippen molar-refractivity contribution in [3.63, 3.8) is 0 Å². The standard InChI is InChI=1S/C20H24N4O/c1-2-19(25)10-12-22-14-17-15-24(18-8-4-3-5-9-18)23-20(17)16-7-6-11-21-13-16/h3-9,11,13,15,19,22,25H,2,10,12,14H2,1H3. The average molecular weight is 336 g/mol. The number of nitrogens with one attached hydrogen (secondary N) is 1. The first-order chi connectivity index (χ1) is 12.3. The number of hydrogen-bond acceptors (Lipinski definition) is 4. The molecule has 2 heterocycles. The van der Waals surface area contributed by atoms with Gasteiger partial charge >= 0.3 is 0 Å². The minimum atomic E-state index is -0.239. The van der Waals surface area contributed by atoms with Gasteiger partial charge in [-0.3, -0.25) is 4.98 Å². The van der Waals surface area contributed by atoms with Gasteiger partial charge in [-0.15, -0.1) is 0 Å². The van der Waals surface area contributed by atoms with Crippen LogP contribution in [0.3, 0.4) is 0 Å². The van der Waals surface area contributed by atoms with Crippen LogP contribution >= 0.6 is 0 Å². The Kier molecular flexibility index (Phi) is 5.93. The summed E-state index contributed by atoms with van der Waals surface area (Å²) in [5.41, 5.74) is 4.08. The fourth-order valence-corrected chi connectivity index (χ4v) is 2.69. The van der Waals surface area contributed by atoms with Crippen LogP contribution in [0.4, 0.5) is 0 Å². The lowest BCUT2D eigenvalue weighted by atomic mass is 10.1. The molecule has 0 aliphatic carbocycles. The molecule has 0 saturated heterocycles. The van der Waals surface area contributed by atoms with E-state index >= 15 is 0 Å². The second-order valence-electron chi connectivity index (χ2n) is 6.05. The zero-order valence-corrected chi connectivity index (χ0v) is 14.5. The first-order valence-corrected chi connectivity index (χ1v) is 8.71. The molecule has 1 atom stereocenters. The Morgan fingerprint density at radius 2 is 2.00 bits per heavy atom. The Morgan fingerprint density at radius 3 is 2.72 bits per heavy atom. The van der Waals surface area contributed by atoms with Gasteiger partial charge in [-0.25, -0.2) is 4.68 Å². The topological polar surface area (TPSA) is 63.0 Å². The van der Waals surface area contributed by atoms with Gasteiger partial charge in [0.25, 0.3) is 0 Å². The van der Waals surface area contributed by atoms with Gasteiger partial charge in [0.15, 0.2) is 0 Å². The summed E-state index contributed by atoms with van der Waals surface area (Å²) in [5.74, 6) is 0. The highest BCUT2D eigenvalue weighted by Gasteiger charge is 2.12. The van der Waals surface area contributed by atoms with Gasteiger partial charge in [0, 0.05) is 36.3 Å². The van der Waals surface area contributed by atoms with Crippen molar-refractivity contribution in [1.82, 2.24) is 20.1 Å². The van der Waals surface area contributed by atoms with E-state index < -0.39 is 0 Å². The lowest BCUT2D eigenvalue weighted by Gasteiger charge is -2.08. The second-order valence-corrected chi connectivity index (χ2v) is 6.05. The second kappa shape index (κ2) is 8.55. The van der Waals surface area contributed by atoms with Crippen molar-refractivity contribution in [3.05, 3.63) is 66.6 Å². The highest BCUT2D eigenvalue weighted by atomic mass is 16.3. The zero-order chi connectivity index (χ0) is 17.5. The molecule has 0 bridgehead atoms. The number of para-hydroxylation sites is 1. The van der Waals surface area contributed by atoms with E-state index in [9.17, 15) is 5.11 Å². The zero-order valence-electron chi connectivity index (χ0n) is 14.5. The van der Waals surface area contributed by atoms with Crippen LogP contribution in [0, 0.1) is 0 Å². The van der Waals surface area contributed by atoms with Gasteiger partial charge < -0.3 is 10.4 Å². The van der Waals surface area contributed by atoms with Crippen LogP contribution < -0.4 is 5.32 Å². The molecule has 1 unspecified atom stereocenters. The number of hydrogen-bond donors (Lipinski definition) is 2. The number of pyridine rings is 1. The SMILES string of the molecule is CCC(O)CCNCc1cn(-c2ccccc2)nc1-c1cccnc1. The van der Waals surface area contributed by atoms with Crippen LogP contribution in [0.1, 0.15) is 25.3 Å².